The normalized spacial score (nSPS) is 14.3. The van der Waals surface area contributed by atoms with E-state index in [1.165, 1.54) is 0 Å². The molecular formula is C8H6F6N2O2. The number of H-pyrrole nitrogens is 1. The zero-order chi connectivity index (χ0) is 14.0. The third-order valence-corrected chi connectivity index (χ3v) is 1.72. The molecule has 0 aliphatic rings. The molecule has 0 saturated carbocycles. The summed E-state index contributed by atoms with van der Waals surface area (Å²) in [4.78, 5) is 16.0. The second-order valence-electron chi connectivity index (χ2n) is 3.20. The van der Waals surface area contributed by atoms with Crippen molar-refractivity contribution in [3.63, 3.8) is 0 Å². The van der Waals surface area contributed by atoms with E-state index in [0.717, 1.165) is 6.33 Å². The number of hydrogen-bond acceptors (Lipinski definition) is 3. The van der Waals surface area contributed by atoms with Crippen molar-refractivity contribution in [3.8, 4) is 5.88 Å². The van der Waals surface area contributed by atoms with E-state index >= 15 is 0 Å². The summed E-state index contributed by atoms with van der Waals surface area (Å²) in [7, 11) is 0. The fourth-order valence-electron chi connectivity index (χ4n) is 0.912. The van der Waals surface area contributed by atoms with Crippen LogP contribution in [-0.2, 0) is 0 Å². The van der Waals surface area contributed by atoms with E-state index in [0.29, 0.717) is 6.07 Å². The van der Waals surface area contributed by atoms with Crippen molar-refractivity contribution in [1.82, 2.24) is 9.97 Å². The Balaban J connectivity index is 2.70. The van der Waals surface area contributed by atoms with Gasteiger partial charge in [0.25, 0.3) is 11.7 Å². The van der Waals surface area contributed by atoms with E-state index in [9.17, 15) is 31.1 Å². The first kappa shape index (κ1) is 14.3. The van der Waals surface area contributed by atoms with Gasteiger partial charge in [-0.1, -0.05) is 0 Å². The van der Waals surface area contributed by atoms with Crippen molar-refractivity contribution in [1.29, 1.82) is 0 Å². The molecule has 0 aliphatic heterocycles. The van der Waals surface area contributed by atoms with Gasteiger partial charge in [0.2, 0.25) is 5.88 Å². The van der Waals surface area contributed by atoms with Crippen LogP contribution in [0.2, 0.25) is 0 Å². The van der Waals surface area contributed by atoms with Gasteiger partial charge in [-0.3, -0.25) is 4.79 Å². The van der Waals surface area contributed by atoms with Crippen LogP contribution in [-0.4, -0.2) is 34.8 Å². The van der Waals surface area contributed by atoms with E-state index in [1.54, 1.807) is 0 Å². The van der Waals surface area contributed by atoms with Gasteiger partial charge in [-0.25, -0.2) is 9.37 Å². The molecule has 0 aromatic carbocycles. The van der Waals surface area contributed by atoms with Gasteiger partial charge < -0.3 is 9.72 Å². The van der Waals surface area contributed by atoms with E-state index in [-0.39, 0.29) is 0 Å². The SMILES string of the molecule is O=c1cc(OCC(F)(F)C(F)C(F)(F)F)nc[nH]1. The molecule has 1 atom stereocenters. The van der Waals surface area contributed by atoms with Gasteiger partial charge in [-0.15, -0.1) is 0 Å². The van der Waals surface area contributed by atoms with E-state index in [4.69, 9.17) is 0 Å². The van der Waals surface area contributed by atoms with Crippen LogP contribution in [0.15, 0.2) is 17.2 Å². The Labute approximate surface area is 95.6 Å². The quantitative estimate of drug-likeness (QED) is 0.851. The molecule has 1 aromatic rings. The van der Waals surface area contributed by atoms with Crippen LogP contribution in [0.1, 0.15) is 0 Å². The monoisotopic (exact) mass is 276 g/mol. The van der Waals surface area contributed by atoms with Gasteiger partial charge in [0.05, 0.1) is 12.4 Å². The molecule has 0 saturated heterocycles. The number of alkyl halides is 6. The maximum Gasteiger partial charge on any atom is 0.425 e. The van der Waals surface area contributed by atoms with E-state index in [2.05, 4.69) is 9.72 Å². The predicted molar refractivity (Wildman–Crippen MR) is 46.3 cm³/mol. The lowest BCUT2D eigenvalue weighted by Gasteiger charge is -2.22. The molecule has 1 heterocycles. The molecule has 0 radical (unpaired) electrons. The van der Waals surface area contributed by atoms with Crippen molar-refractivity contribution in [3.05, 3.63) is 22.7 Å². The van der Waals surface area contributed by atoms with Gasteiger partial charge in [0.1, 0.15) is 0 Å². The molecule has 1 aromatic heterocycles. The summed E-state index contributed by atoms with van der Waals surface area (Å²) in [6, 6.07) is 0.636. The van der Waals surface area contributed by atoms with Crippen LogP contribution in [0.5, 0.6) is 5.88 Å². The molecule has 0 amide bonds. The summed E-state index contributed by atoms with van der Waals surface area (Å²) in [5, 5.41) is 0. The van der Waals surface area contributed by atoms with Gasteiger partial charge in [0.15, 0.2) is 6.61 Å². The minimum Gasteiger partial charge on any atom is -0.471 e. The van der Waals surface area contributed by atoms with Crippen LogP contribution in [0.3, 0.4) is 0 Å². The molecule has 0 bridgehead atoms. The first-order valence-electron chi connectivity index (χ1n) is 4.39. The van der Waals surface area contributed by atoms with Crippen molar-refractivity contribution >= 4 is 0 Å². The molecule has 1 unspecified atom stereocenters. The fraction of sp³-hybridized carbons (Fsp3) is 0.500. The molecule has 1 rings (SSSR count). The summed E-state index contributed by atoms with van der Waals surface area (Å²) in [5.74, 6) is -5.41. The summed E-state index contributed by atoms with van der Waals surface area (Å²) in [6.45, 7) is -1.88. The van der Waals surface area contributed by atoms with Crippen LogP contribution >= 0.6 is 0 Å². The molecule has 0 aliphatic carbocycles. The second-order valence-corrected chi connectivity index (χ2v) is 3.20. The fourth-order valence-corrected chi connectivity index (χ4v) is 0.912. The highest BCUT2D eigenvalue weighted by molar-refractivity contribution is 5.05. The Kier molecular flexibility index (Phi) is 3.87. The van der Waals surface area contributed by atoms with Gasteiger partial charge >= 0.3 is 12.1 Å². The standard InChI is InChI=1S/C8H6F6N2O2/c9-6(8(12,13)14)7(10,11)2-18-5-1-4(17)15-3-16-5/h1,3,6H,2H2,(H,15,16,17). The zero-order valence-electron chi connectivity index (χ0n) is 8.47. The van der Waals surface area contributed by atoms with Crippen LogP contribution < -0.4 is 10.3 Å². The zero-order valence-corrected chi connectivity index (χ0v) is 8.47. The van der Waals surface area contributed by atoms with Crippen molar-refractivity contribution < 1.29 is 31.1 Å². The van der Waals surface area contributed by atoms with Crippen LogP contribution in [0.4, 0.5) is 26.3 Å². The molecule has 102 valence electrons. The number of aromatic amines is 1. The summed E-state index contributed by atoms with van der Waals surface area (Å²) >= 11 is 0. The topological polar surface area (TPSA) is 55.0 Å². The summed E-state index contributed by atoms with van der Waals surface area (Å²) in [6.07, 6.45) is -9.26. The number of ether oxygens (including phenoxy) is 1. The third-order valence-electron chi connectivity index (χ3n) is 1.72. The van der Waals surface area contributed by atoms with E-state index < -0.39 is 36.3 Å². The Morgan fingerprint density at radius 2 is 1.94 bits per heavy atom. The minimum absolute atomic E-state index is 0.632. The lowest BCUT2D eigenvalue weighted by atomic mass is 10.2. The molecule has 10 heteroatoms. The Bertz CT molecular complexity index is 457. The van der Waals surface area contributed by atoms with Gasteiger partial charge in [-0.2, -0.15) is 22.0 Å². The predicted octanol–water partition coefficient (Wildman–Crippen LogP) is 1.68. The molecule has 0 fully saturated rings. The van der Waals surface area contributed by atoms with Crippen molar-refractivity contribution in [2.75, 3.05) is 6.61 Å². The highest BCUT2D eigenvalue weighted by atomic mass is 19.4. The number of hydrogen-bond donors (Lipinski definition) is 1. The third kappa shape index (κ3) is 3.64. The first-order chi connectivity index (χ1) is 8.13. The number of nitrogens with zero attached hydrogens (tertiary/aromatic N) is 1. The first-order valence-corrected chi connectivity index (χ1v) is 4.39. The molecule has 4 nitrogen and oxygen atoms in total. The number of nitrogens with one attached hydrogen (secondary N) is 1. The lowest BCUT2D eigenvalue weighted by molar-refractivity contribution is -0.250. The summed E-state index contributed by atoms with van der Waals surface area (Å²) < 4.78 is 77.4. The maximum atomic E-state index is 12.8. The Morgan fingerprint density at radius 3 is 2.44 bits per heavy atom. The molecule has 1 N–H and O–H groups in total. The van der Waals surface area contributed by atoms with Crippen molar-refractivity contribution in [2.24, 2.45) is 0 Å². The molecule has 0 spiro atoms. The largest absolute Gasteiger partial charge is 0.471 e. The lowest BCUT2D eigenvalue weighted by Crippen LogP contribution is -2.45. The Hall–Kier alpha value is -1.74. The smallest absolute Gasteiger partial charge is 0.425 e. The summed E-state index contributed by atoms with van der Waals surface area (Å²) in [5.41, 5.74) is -0.754. The van der Waals surface area contributed by atoms with Gasteiger partial charge in [-0.05, 0) is 0 Å². The average Bonchev–Trinajstić information content (AvgIpc) is 2.24. The van der Waals surface area contributed by atoms with Crippen LogP contribution in [0, 0.1) is 0 Å². The van der Waals surface area contributed by atoms with E-state index in [1.807, 2.05) is 4.98 Å². The number of halogens is 6. The number of aromatic nitrogens is 2. The van der Waals surface area contributed by atoms with Gasteiger partial charge in [0, 0.05) is 0 Å². The highest BCUT2D eigenvalue weighted by Gasteiger charge is 2.57. The van der Waals surface area contributed by atoms with Crippen molar-refractivity contribution in [2.45, 2.75) is 18.3 Å². The Morgan fingerprint density at radius 1 is 1.33 bits per heavy atom. The minimum atomic E-state index is -5.70. The number of rotatable bonds is 4. The average molecular weight is 276 g/mol. The molecule has 18 heavy (non-hydrogen) atoms. The second kappa shape index (κ2) is 4.86. The molecular weight excluding hydrogens is 270 g/mol. The van der Waals surface area contributed by atoms with Crippen LogP contribution in [0.25, 0.3) is 0 Å². The highest BCUT2D eigenvalue weighted by Crippen LogP contribution is 2.35. The maximum absolute atomic E-state index is 12.8.